The Kier molecular flexibility index (Phi) is 3.16. The molecule has 4 heteroatoms. The summed E-state index contributed by atoms with van der Waals surface area (Å²) < 4.78 is 11.0. The van der Waals surface area contributed by atoms with E-state index < -0.39 is 0 Å². The molecule has 21 heavy (non-hydrogen) atoms. The maximum Gasteiger partial charge on any atom is 0.161 e. The normalized spacial score (nSPS) is 23.0. The van der Waals surface area contributed by atoms with Crippen LogP contribution in [0.3, 0.4) is 0 Å². The Labute approximate surface area is 128 Å². The van der Waals surface area contributed by atoms with Gasteiger partial charge in [0.25, 0.3) is 0 Å². The van der Waals surface area contributed by atoms with Crippen molar-refractivity contribution in [2.75, 3.05) is 14.2 Å². The monoisotopic (exact) mass is 301 g/mol. The number of hydrogen-bond donors (Lipinski definition) is 1. The molecule has 0 radical (unpaired) electrons. The van der Waals surface area contributed by atoms with E-state index in [9.17, 15) is 0 Å². The van der Waals surface area contributed by atoms with Crippen molar-refractivity contribution in [2.45, 2.75) is 31.3 Å². The van der Waals surface area contributed by atoms with Crippen LogP contribution in [0.2, 0.25) is 0 Å². The topological polar surface area (TPSA) is 30.5 Å². The Morgan fingerprint density at radius 3 is 2.67 bits per heavy atom. The van der Waals surface area contributed by atoms with E-state index in [-0.39, 0.29) is 0 Å². The SMILES string of the molecule is COc1cc2c(cc1OC)[C@@H]1c3cscc3CN[C@H]1CC2. The van der Waals surface area contributed by atoms with Gasteiger partial charge in [-0.25, -0.2) is 0 Å². The number of rotatable bonds is 2. The quantitative estimate of drug-likeness (QED) is 0.923. The highest BCUT2D eigenvalue weighted by atomic mass is 32.1. The van der Waals surface area contributed by atoms with Gasteiger partial charge in [0.05, 0.1) is 14.2 Å². The minimum atomic E-state index is 0.448. The van der Waals surface area contributed by atoms with Gasteiger partial charge in [0.2, 0.25) is 0 Å². The number of nitrogens with one attached hydrogen (secondary N) is 1. The third-order valence-electron chi connectivity index (χ3n) is 4.77. The van der Waals surface area contributed by atoms with Crippen molar-refractivity contribution in [1.82, 2.24) is 5.32 Å². The zero-order chi connectivity index (χ0) is 14.4. The lowest BCUT2D eigenvalue weighted by atomic mass is 9.73. The smallest absolute Gasteiger partial charge is 0.161 e. The maximum atomic E-state index is 5.51. The number of methoxy groups -OCH3 is 2. The highest BCUT2D eigenvalue weighted by molar-refractivity contribution is 7.08. The van der Waals surface area contributed by atoms with Crippen molar-refractivity contribution in [3.63, 3.8) is 0 Å². The number of thiophene rings is 1. The fourth-order valence-electron chi connectivity index (χ4n) is 3.73. The van der Waals surface area contributed by atoms with E-state index in [1.165, 1.54) is 28.7 Å². The molecule has 1 aliphatic carbocycles. The van der Waals surface area contributed by atoms with Gasteiger partial charge in [-0.05, 0) is 58.0 Å². The van der Waals surface area contributed by atoms with Gasteiger partial charge in [0.15, 0.2) is 11.5 Å². The summed E-state index contributed by atoms with van der Waals surface area (Å²) in [6.45, 7) is 1.00. The van der Waals surface area contributed by atoms with Gasteiger partial charge in [-0.1, -0.05) is 0 Å². The average Bonchev–Trinajstić information content (AvgIpc) is 3.01. The van der Waals surface area contributed by atoms with Crippen molar-refractivity contribution in [3.8, 4) is 11.5 Å². The Balaban J connectivity index is 1.88. The third-order valence-corrected chi connectivity index (χ3v) is 5.58. The first-order chi connectivity index (χ1) is 10.3. The van der Waals surface area contributed by atoms with Gasteiger partial charge in [-0.2, -0.15) is 11.3 Å². The molecule has 0 unspecified atom stereocenters. The molecule has 2 aliphatic rings. The summed E-state index contributed by atoms with van der Waals surface area (Å²) in [6.07, 6.45) is 2.28. The predicted octanol–water partition coefficient (Wildman–Crippen LogP) is 3.32. The first-order valence-corrected chi connectivity index (χ1v) is 8.29. The summed E-state index contributed by atoms with van der Waals surface area (Å²) in [6, 6.07) is 4.88. The van der Waals surface area contributed by atoms with Gasteiger partial charge >= 0.3 is 0 Å². The van der Waals surface area contributed by atoms with Crippen LogP contribution in [-0.2, 0) is 13.0 Å². The molecule has 3 nitrogen and oxygen atoms in total. The molecule has 0 spiro atoms. The fraction of sp³-hybridized carbons (Fsp3) is 0.412. The molecule has 0 bridgehead atoms. The van der Waals surface area contributed by atoms with Gasteiger partial charge in [-0.15, -0.1) is 0 Å². The largest absolute Gasteiger partial charge is 0.493 e. The van der Waals surface area contributed by atoms with E-state index in [0.717, 1.165) is 24.5 Å². The summed E-state index contributed by atoms with van der Waals surface area (Å²) in [7, 11) is 3.41. The van der Waals surface area contributed by atoms with Gasteiger partial charge < -0.3 is 14.8 Å². The lowest BCUT2D eigenvalue weighted by Crippen LogP contribution is -2.42. The van der Waals surface area contributed by atoms with Gasteiger partial charge in [-0.3, -0.25) is 0 Å². The Morgan fingerprint density at radius 1 is 1.05 bits per heavy atom. The second kappa shape index (κ2) is 5.04. The Hall–Kier alpha value is -1.52. The van der Waals surface area contributed by atoms with Gasteiger partial charge in [0, 0.05) is 18.5 Å². The van der Waals surface area contributed by atoms with Crippen molar-refractivity contribution in [1.29, 1.82) is 0 Å². The molecule has 0 fully saturated rings. The highest BCUT2D eigenvalue weighted by Crippen LogP contribution is 2.45. The van der Waals surface area contributed by atoms with Crippen LogP contribution >= 0.6 is 11.3 Å². The third kappa shape index (κ3) is 1.97. The van der Waals surface area contributed by atoms with Crippen molar-refractivity contribution < 1.29 is 9.47 Å². The molecular formula is C17H19NO2S. The molecule has 2 aromatic rings. The first-order valence-electron chi connectivity index (χ1n) is 7.35. The van der Waals surface area contributed by atoms with E-state index in [4.69, 9.17) is 9.47 Å². The van der Waals surface area contributed by atoms with Crippen LogP contribution in [0.4, 0.5) is 0 Å². The molecule has 1 aromatic heterocycles. The van der Waals surface area contributed by atoms with Crippen LogP contribution in [0.1, 0.15) is 34.6 Å². The molecule has 1 aromatic carbocycles. The first kappa shape index (κ1) is 13.2. The molecule has 0 amide bonds. The molecule has 0 saturated heterocycles. The number of hydrogen-bond acceptors (Lipinski definition) is 4. The van der Waals surface area contributed by atoms with Crippen molar-refractivity contribution >= 4 is 11.3 Å². The second-order valence-electron chi connectivity index (χ2n) is 5.76. The van der Waals surface area contributed by atoms with E-state index in [1.807, 2.05) is 11.3 Å². The van der Waals surface area contributed by atoms with Crippen molar-refractivity contribution in [2.24, 2.45) is 0 Å². The van der Waals surface area contributed by atoms with Crippen LogP contribution in [-0.4, -0.2) is 20.3 Å². The van der Waals surface area contributed by atoms with Crippen molar-refractivity contribution in [3.05, 3.63) is 45.1 Å². The summed E-state index contributed by atoms with van der Waals surface area (Å²) >= 11 is 1.81. The number of benzene rings is 1. The fourth-order valence-corrected chi connectivity index (χ4v) is 4.63. The molecule has 1 N–H and O–H groups in total. The van der Waals surface area contributed by atoms with E-state index in [2.05, 4.69) is 28.2 Å². The zero-order valence-electron chi connectivity index (χ0n) is 12.3. The molecule has 2 atom stereocenters. The summed E-state index contributed by atoms with van der Waals surface area (Å²) in [5.41, 5.74) is 5.74. The van der Waals surface area contributed by atoms with Crippen LogP contribution in [0.15, 0.2) is 22.9 Å². The standard InChI is InChI=1S/C17H19NO2S/c1-19-15-5-10-3-4-14-17(12(10)6-16(15)20-2)13-9-21-8-11(13)7-18-14/h5-6,8-9,14,17-18H,3-4,7H2,1-2H3/t14-,17+/m0/s1. The number of fused-ring (bicyclic) bond motifs is 5. The van der Waals surface area contributed by atoms with Gasteiger partial charge in [0.1, 0.15) is 0 Å². The van der Waals surface area contributed by atoms with Crippen LogP contribution in [0, 0.1) is 0 Å². The average molecular weight is 301 g/mol. The molecule has 110 valence electrons. The van der Waals surface area contributed by atoms with E-state index in [1.54, 1.807) is 14.2 Å². The molecule has 0 saturated carbocycles. The van der Waals surface area contributed by atoms with Crippen LogP contribution in [0.25, 0.3) is 0 Å². The maximum absolute atomic E-state index is 5.51. The molecule has 2 heterocycles. The number of aryl methyl sites for hydroxylation is 1. The van der Waals surface area contributed by atoms with E-state index >= 15 is 0 Å². The summed E-state index contributed by atoms with van der Waals surface area (Å²) in [5.74, 6) is 2.12. The zero-order valence-corrected chi connectivity index (χ0v) is 13.1. The lowest BCUT2D eigenvalue weighted by molar-refractivity contribution is 0.349. The minimum absolute atomic E-state index is 0.448. The molecule has 4 rings (SSSR count). The highest BCUT2D eigenvalue weighted by Gasteiger charge is 2.36. The Morgan fingerprint density at radius 2 is 1.86 bits per heavy atom. The number of ether oxygens (including phenoxy) is 2. The Bertz CT molecular complexity index is 679. The minimum Gasteiger partial charge on any atom is -0.493 e. The lowest BCUT2D eigenvalue weighted by Gasteiger charge is -2.38. The summed E-state index contributed by atoms with van der Waals surface area (Å²) in [5, 5.41) is 8.30. The predicted molar refractivity (Wildman–Crippen MR) is 84.7 cm³/mol. The summed E-state index contributed by atoms with van der Waals surface area (Å²) in [4.78, 5) is 0. The molecular weight excluding hydrogens is 282 g/mol. The van der Waals surface area contributed by atoms with E-state index in [0.29, 0.717) is 12.0 Å². The second-order valence-corrected chi connectivity index (χ2v) is 6.51. The van der Waals surface area contributed by atoms with Crippen LogP contribution < -0.4 is 14.8 Å². The molecule has 1 aliphatic heterocycles. The van der Waals surface area contributed by atoms with Crippen LogP contribution in [0.5, 0.6) is 11.5 Å².